The van der Waals surface area contributed by atoms with Crippen molar-refractivity contribution in [1.82, 2.24) is 16.4 Å². The van der Waals surface area contributed by atoms with Crippen LogP contribution in [0.15, 0.2) is 84.3 Å². The number of carbonyl (C=O) groups is 4. The van der Waals surface area contributed by atoms with E-state index in [-0.39, 0.29) is 24.1 Å². The van der Waals surface area contributed by atoms with Crippen molar-refractivity contribution in [1.29, 1.82) is 0 Å². The number of ketones is 4. The lowest BCUT2D eigenvalue weighted by Crippen LogP contribution is -2.47. The summed E-state index contributed by atoms with van der Waals surface area (Å²) in [5.74, 6) is -3.46. The second-order valence-electron chi connectivity index (χ2n) is 11.9. The first-order valence-corrected chi connectivity index (χ1v) is 13.7. The fourth-order valence-electron chi connectivity index (χ4n) is 3.77. The molecule has 3 rings (SSSR count). The van der Waals surface area contributed by atoms with Gasteiger partial charge in [0, 0.05) is 0 Å². The van der Waals surface area contributed by atoms with Gasteiger partial charge in [-0.15, -0.1) is 0 Å². The first-order valence-electron chi connectivity index (χ1n) is 13.7. The first-order chi connectivity index (χ1) is 19.7. The fraction of sp³-hybridized carbons (Fsp3) is 0.375. The van der Waals surface area contributed by atoms with E-state index in [1.165, 1.54) is 0 Å². The number of benzene rings is 2. The van der Waals surface area contributed by atoms with Gasteiger partial charge < -0.3 is 4.84 Å². The molecule has 42 heavy (non-hydrogen) atoms. The Labute approximate surface area is 246 Å². The van der Waals surface area contributed by atoms with E-state index >= 15 is 0 Å². The molecule has 0 radical (unpaired) electrons. The first kappa shape index (κ1) is 32.6. The molecule has 2 aromatic rings. The molecule has 0 bridgehead atoms. The Morgan fingerprint density at radius 2 is 1.14 bits per heavy atom. The van der Waals surface area contributed by atoms with Crippen LogP contribution in [0.1, 0.15) is 52.7 Å². The van der Waals surface area contributed by atoms with Gasteiger partial charge in [0.1, 0.15) is 24.0 Å². The second-order valence-corrected chi connectivity index (χ2v) is 11.9. The smallest absolute Gasteiger partial charge is 0.249 e. The number of nitrogens with one attached hydrogen (secondary N) is 3. The molecular weight excluding hydrogens is 538 g/mol. The molecule has 10 heteroatoms. The molecule has 2 aromatic carbocycles. The largest absolute Gasteiger partial charge is 0.389 e. The van der Waals surface area contributed by atoms with Crippen molar-refractivity contribution in [2.24, 2.45) is 0 Å². The van der Waals surface area contributed by atoms with Crippen LogP contribution in [0.25, 0.3) is 0 Å². The Morgan fingerprint density at radius 3 is 1.57 bits per heavy atom. The topological polar surface area (TPSA) is 132 Å². The van der Waals surface area contributed by atoms with E-state index < -0.39 is 46.4 Å². The standard InChI is InChI=1S/C32H39N3O7/c1-31(2,3)41-34-24(17-21-13-9-7-10-14-21)28(37)27(36)23-19-26(33-40-20-23)30(39)29(38)25(35-42-32(4,5)6)18-22-15-11-8-12-16-22/h7-16,19-20,24-25,33-35H,17-18H2,1-6H3/t24-,25-/m0/s1. The summed E-state index contributed by atoms with van der Waals surface area (Å²) in [4.78, 5) is 69.6. The van der Waals surface area contributed by atoms with Gasteiger partial charge in [-0.25, -0.2) is 5.48 Å². The van der Waals surface area contributed by atoms with Gasteiger partial charge in [0.05, 0.1) is 16.8 Å². The van der Waals surface area contributed by atoms with Crippen LogP contribution in [0, 0.1) is 0 Å². The maximum atomic E-state index is 13.3. The quantitative estimate of drug-likeness (QED) is 0.227. The lowest BCUT2D eigenvalue weighted by Gasteiger charge is -2.25. The SMILES string of the molecule is CC(C)(C)ON[C@@H](Cc1ccccc1)C(=O)C(=O)C1=CONC(C(=O)C(=O)[C@H](Cc2ccccc2)NOC(C)(C)C)=C1. The molecular formula is C32H39N3O7. The number of Topliss-reactive ketones (excluding diaryl/α,β-unsaturated/α-hetero) is 4. The van der Waals surface area contributed by atoms with Crippen molar-refractivity contribution >= 4 is 23.1 Å². The van der Waals surface area contributed by atoms with E-state index in [2.05, 4.69) is 16.4 Å². The third-order valence-corrected chi connectivity index (χ3v) is 5.82. The monoisotopic (exact) mass is 577 g/mol. The molecule has 0 aliphatic carbocycles. The number of carbonyl (C=O) groups excluding carboxylic acids is 4. The van der Waals surface area contributed by atoms with E-state index in [0.717, 1.165) is 23.5 Å². The molecule has 2 atom stereocenters. The van der Waals surface area contributed by atoms with Crippen LogP contribution in [0.3, 0.4) is 0 Å². The highest BCUT2D eigenvalue weighted by Gasteiger charge is 2.34. The Kier molecular flexibility index (Phi) is 11.1. The highest BCUT2D eigenvalue weighted by atomic mass is 16.7. The van der Waals surface area contributed by atoms with Gasteiger partial charge in [0.15, 0.2) is 0 Å². The minimum atomic E-state index is -1.03. The maximum Gasteiger partial charge on any atom is 0.249 e. The molecule has 0 saturated carbocycles. The van der Waals surface area contributed by atoms with Crippen LogP contribution in [0.5, 0.6) is 0 Å². The molecule has 0 unspecified atom stereocenters. The van der Waals surface area contributed by atoms with Gasteiger partial charge in [-0.2, -0.15) is 11.0 Å². The van der Waals surface area contributed by atoms with Crippen LogP contribution in [-0.2, 0) is 46.5 Å². The molecule has 0 saturated heterocycles. The Balaban J connectivity index is 1.79. The Bertz CT molecular complexity index is 1320. The summed E-state index contributed by atoms with van der Waals surface area (Å²) in [5.41, 5.74) is 7.71. The zero-order valence-corrected chi connectivity index (χ0v) is 24.9. The average molecular weight is 578 g/mol. The van der Waals surface area contributed by atoms with Crippen LogP contribution in [0.4, 0.5) is 0 Å². The molecule has 1 aliphatic heterocycles. The van der Waals surface area contributed by atoms with Crippen molar-refractivity contribution < 1.29 is 33.7 Å². The lowest BCUT2D eigenvalue weighted by atomic mass is 9.95. The summed E-state index contributed by atoms with van der Waals surface area (Å²) < 4.78 is 0. The lowest BCUT2D eigenvalue weighted by molar-refractivity contribution is -0.143. The Morgan fingerprint density at radius 1 is 0.714 bits per heavy atom. The van der Waals surface area contributed by atoms with Crippen LogP contribution < -0.4 is 16.4 Å². The van der Waals surface area contributed by atoms with Gasteiger partial charge in [-0.1, -0.05) is 60.7 Å². The van der Waals surface area contributed by atoms with Crippen LogP contribution in [0.2, 0.25) is 0 Å². The minimum absolute atomic E-state index is 0.177. The van der Waals surface area contributed by atoms with Crippen molar-refractivity contribution in [3.63, 3.8) is 0 Å². The van der Waals surface area contributed by atoms with Crippen molar-refractivity contribution in [2.45, 2.75) is 77.7 Å². The molecule has 3 N–H and O–H groups in total. The highest BCUT2D eigenvalue weighted by molar-refractivity contribution is 6.47. The fourth-order valence-corrected chi connectivity index (χ4v) is 3.77. The molecule has 1 aliphatic rings. The van der Waals surface area contributed by atoms with E-state index in [1.807, 2.05) is 60.7 Å². The zero-order valence-electron chi connectivity index (χ0n) is 24.9. The summed E-state index contributed by atoms with van der Waals surface area (Å²) >= 11 is 0. The Hall–Kier alpha value is -3.96. The van der Waals surface area contributed by atoms with Gasteiger partial charge in [-0.3, -0.25) is 28.9 Å². The minimum Gasteiger partial charge on any atom is -0.389 e. The molecule has 224 valence electrons. The summed E-state index contributed by atoms with van der Waals surface area (Å²) in [6.07, 6.45) is 2.52. The predicted molar refractivity (Wildman–Crippen MR) is 156 cm³/mol. The summed E-state index contributed by atoms with van der Waals surface area (Å²) in [6, 6.07) is 16.3. The second kappa shape index (κ2) is 14.3. The third kappa shape index (κ3) is 10.1. The zero-order chi connectivity index (χ0) is 30.9. The van der Waals surface area contributed by atoms with E-state index in [0.29, 0.717) is 0 Å². The number of rotatable bonds is 14. The number of hydrogen-bond donors (Lipinski definition) is 3. The van der Waals surface area contributed by atoms with Crippen molar-refractivity contribution in [3.05, 3.63) is 95.4 Å². The summed E-state index contributed by atoms with van der Waals surface area (Å²) in [7, 11) is 0. The van der Waals surface area contributed by atoms with Crippen molar-refractivity contribution in [2.75, 3.05) is 0 Å². The molecule has 1 heterocycles. The van der Waals surface area contributed by atoms with Gasteiger partial charge >= 0.3 is 0 Å². The number of hydroxylamine groups is 3. The molecule has 0 aromatic heterocycles. The molecule has 0 spiro atoms. The van der Waals surface area contributed by atoms with Crippen LogP contribution >= 0.6 is 0 Å². The number of hydrogen-bond acceptors (Lipinski definition) is 10. The average Bonchev–Trinajstić information content (AvgIpc) is 2.96. The molecule has 10 nitrogen and oxygen atoms in total. The predicted octanol–water partition coefficient (Wildman–Crippen LogP) is 3.43. The van der Waals surface area contributed by atoms with E-state index in [4.69, 9.17) is 14.5 Å². The van der Waals surface area contributed by atoms with Gasteiger partial charge in [-0.05, 0) is 71.6 Å². The number of allylic oxidation sites excluding steroid dienone is 3. The van der Waals surface area contributed by atoms with E-state index in [1.54, 1.807) is 41.5 Å². The molecule has 0 fully saturated rings. The maximum absolute atomic E-state index is 13.3. The van der Waals surface area contributed by atoms with Gasteiger partial charge in [0.2, 0.25) is 23.1 Å². The summed E-state index contributed by atoms with van der Waals surface area (Å²) in [5, 5.41) is 0. The van der Waals surface area contributed by atoms with Gasteiger partial charge in [0.25, 0.3) is 0 Å². The summed E-state index contributed by atoms with van der Waals surface area (Å²) in [6.45, 7) is 10.8. The van der Waals surface area contributed by atoms with Crippen molar-refractivity contribution in [3.8, 4) is 0 Å². The normalized spacial score (nSPS) is 14.9. The van der Waals surface area contributed by atoms with E-state index in [9.17, 15) is 19.2 Å². The highest BCUT2D eigenvalue weighted by Crippen LogP contribution is 2.16. The third-order valence-electron chi connectivity index (χ3n) is 5.82. The van der Waals surface area contributed by atoms with Crippen LogP contribution in [-0.4, -0.2) is 46.4 Å². The molecule has 0 amide bonds.